The number of aryl methyl sites for hydroxylation is 1. The van der Waals surface area contributed by atoms with Crippen LogP contribution in [0.4, 0.5) is 0 Å². The molecule has 0 atom stereocenters. The normalized spacial score (nSPS) is 10.9. The molecule has 1 nitrogen and oxygen atoms in total. The molecule has 100 valence electrons. The second kappa shape index (κ2) is 5.32. The minimum atomic E-state index is 0.0138. The zero-order valence-electron chi connectivity index (χ0n) is 10.6. The minimum absolute atomic E-state index is 0.0138. The van der Waals surface area contributed by atoms with Crippen LogP contribution in [0.2, 0.25) is 5.02 Å². The Labute approximate surface area is 134 Å². The van der Waals surface area contributed by atoms with Gasteiger partial charge in [-0.2, -0.15) is 0 Å². The molecule has 0 bridgehead atoms. The fourth-order valence-corrected chi connectivity index (χ4v) is 4.11. The highest BCUT2D eigenvalue weighted by atomic mass is 79.9. The Morgan fingerprint density at radius 3 is 2.80 bits per heavy atom. The first-order valence-electron chi connectivity index (χ1n) is 6.04. The Bertz CT molecular complexity index is 802. The Kier molecular flexibility index (Phi) is 3.67. The van der Waals surface area contributed by atoms with E-state index in [0.717, 1.165) is 25.7 Å². The number of carbonyl (C=O) groups is 1. The van der Waals surface area contributed by atoms with Crippen molar-refractivity contribution in [2.75, 3.05) is 0 Å². The van der Waals surface area contributed by atoms with Gasteiger partial charge in [0.25, 0.3) is 0 Å². The first-order chi connectivity index (χ1) is 9.56. The van der Waals surface area contributed by atoms with Crippen LogP contribution in [0.25, 0.3) is 10.1 Å². The van der Waals surface area contributed by atoms with Crippen molar-refractivity contribution < 1.29 is 4.79 Å². The number of ketones is 1. The highest BCUT2D eigenvalue weighted by Gasteiger charge is 2.16. The van der Waals surface area contributed by atoms with Crippen molar-refractivity contribution in [3.63, 3.8) is 0 Å². The fourth-order valence-electron chi connectivity index (χ4n) is 2.22. The van der Waals surface area contributed by atoms with Crippen LogP contribution in [0.5, 0.6) is 0 Å². The predicted molar refractivity (Wildman–Crippen MR) is 89.1 cm³/mol. The lowest BCUT2D eigenvalue weighted by Crippen LogP contribution is -2.00. The molecule has 0 unspecified atom stereocenters. The van der Waals surface area contributed by atoms with Crippen LogP contribution < -0.4 is 0 Å². The highest BCUT2D eigenvalue weighted by molar-refractivity contribution is 9.10. The third-order valence-corrected chi connectivity index (χ3v) is 5.27. The van der Waals surface area contributed by atoms with Gasteiger partial charge in [-0.3, -0.25) is 4.79 Å². The second-order valence-electron chi connectivity index (χ2n) is 4.61. The maximum absolute atomic E-state index is 12.7. The fraction of sp³-hybridized carbons (Fsp3) is 0.0625. The molecule has 0 fully saturated rings. The van der Waals surface area contributed by atoms with Crippen molar-refractivity contribution in [3.05, 3.63) is 68.0 Å². The third-order valence-electron chi connectivity index (χ3n) is 3.10. The van der Waals surface area contributed by atoms with Gasteiger partial charge in [-0.25, -0.2) is 0 Å². The lowest BCUT2D eigenvalue weighted by molar-refractivity contribution is 0.104. The summed E-state index contributed by atoms with van der Waals surface area (Å²) in [5.74, 6) is 0.0138. The summed E-state index contributed by atoms with van der Waals surface area (Å²) < 4.78 is 2.11. The number of halogens is 2. The number of carbonyl (C=O) groups excluding carboxylic acids is 1. The first kappa shape index (κ1) is 13.8. The van der Waals surface area contributed by atoms with Gasteiger partial charge in [-0.05, 0) is 52.7 Å². The average molecular weight is 366 g/mol. The van der Waals surface area contributed by atoms with Crippen molar-refractivity contribution in [1.82, 2.24) is 0 Å². The maximum atomic E-state index is 12.7. The van der Waals surface area contributed by atoms with E-state index in [9.17, 15) is 4.79 Å². The van der Waals surface area contributed by atoms with E-state index < -0.39 is 0 Å². The van der Waals surface area contributed by atoms with Gasteiger partial charge in [-0.15, -0.1) is 11.3 Å². The molecule has 3 rings (SSSR count). The van der Waals surface area contributed by atoms with Crippen LogP contribution in [0, 0.1) is 6.92 Å². The van der Waals surface area contributed by atoms with E-state index in [0.29, 0.717) is 10.6 Å². The Balaban J connectivity index is 2.15. The number of hydrogen-bond donors (Lipinski definition) is 0. The van der Waals surface area contributed by atoms with Crippen molar-refractivity contribution in [2.45, 2.75) is 6.92 Å². The first-order valence-corrected chi connectivity index (χ1v) is 8.09. The Morgan fingerprint density at radius 1 is 1.25 bits per heavy atom. The number of thiophene rings is 1. The van der Waals surface area contributed by atoms with Crippen molar-refractivity contribution in [1.29, 1.82) is 0 Å². The van der Waals surface area contributed by atoms with Crippen LogP contribution in [-0.2, 0) is 0 Å². The Hall–Kier alpha value is -1.16. The molecule has 0 aliphatic rings. The maximum Gasteiger partial charge on any atom is 0.194 e. The SMILES string of the molecule is Cc1cc(Cl)cc(C(=O)c2csc3c(Br)cccc23)c1. The minimum Gasteiger partial charge on any atom is -0.289 e. The molecule has 0 radical (unpaired) electrons. The molecule has 0 aliphatic heterocycles. The van der Waals surface area contributed by atoms with Gasteiger partial charge >= 0.3 is 0 Å². The van der Waals surface area contributed by atoms with E-state index in [2.05, 4.69) is 15.9 Å². The molecule has 2 aromatic carbocycles. The smallest absolute Gasteiger partial charge is 0.194 e. The predicted octanol–water partition coefficient (Wildman–Crippen LogP) is 5.86. The summed E-state index contributed by atoms with van der Waals surface area (Å²) in [5, 5.41) is 3.48. The lowest BCUT2D eigenvalue weighted by Gasteiger charge is -2.03. The number of rotatable bonds is 2. The van der Waals surface area contributed by atoms with Gasteiger partial charge in [0, 0.05) is 36.1 Å². The van der Waals surface area contributed by atoms with Gasteiger partial charge in [0.1, 0.15) is 0 Å². The monoisotopic (exact) mass is 364 g/mol. The summed E-state index contributed by atoms with van der Waals surface area (Å²) in [5.41, 5.74) is 2.35. The van der Waals surface area contributed by atoms with E-state index in [4.69, 9.17) is 11.6 Å². The summed E-state index contributed by atoms with van der Waals surface area (Å²) in [6.07, 6.45) is 0. The van der Waals surface area contributed by atoms with Crippen LogP contribution in [0.15, 0.2) is 46.3 Å². The summed E-state index contributed by atoms with van der Waals surface area (Å²) in [6.45, 7) is 1.94. The van der Waals surface area contributed by atoms with Gasteiger partial charge < -0.3 is 0 Å². The van der Waals surface area contributed by atoms with E-state index >= 15 is 0 Å². The Morgan fingerprint density at radius 2 is 2.05 bits per heavy atom. The molecule has 0 N–H and O–H groups in total. The number of hydrogen-bond acceptors (Lipinski definition) is 2. The molecular formula is C16H10BrClOS. The quantitative estimate of drug-likeness (QED) is 0.520. The largest absolute Gasteiger partial charge is 0.289 e. The zero-order valence-corrected chi connectivity index (χ0v) is 13.8. The molecule has 20 heavy (non-hydrogen) atoms. The van der Waals surface area contributed by atoms with Crippen molar-refractivity contribution in [3.8, 4) is 0 Å². The summed E-state index contributed by atoms with van der Waals surface area (Å²) >= 11 is 11.1. The third kappa shape index (κ3) is 2.41. The topological polar surface area (TPSA) is 17.1 Å². The van der Waals surface area contributed by atoms with E-state index in [1.165, 1.54) is 0 Å². The van der Waals surface area contributed by atoms with Gasteiger partial charge in [0.2, 0.25) is 0 Å². The molecule has 1 aromatic heterocycles. The standard InChI is InChI=1S/C16H10BrClOS/c1-9-5-10(7-11(18)6-9)15(19)13-8-20-16-12(13)3-2-4-14(16)17/h2-8H,1H3. The second-order valence-corrected chi connectivity index (χ2v) is 6.78. The summed E-state index contributed by atoms with van der Waals surface area (Å²) in [7, 11) is 0. The molecule has 0 amide bonds. The van der Waals surface area contributed by atoms with E-state index in [1.807, 2.05) is 42.6 Å². The van der Waals surface area contributed by atoms with E-state index in [1.54, 1.807) is 17.4 Å². The van der Waals surface area contributed by atoms with E-state index in [-0.39, 0.29) is 5.78 Å². The molecule has 0 spiro atoms. The molecule has 4 heteroatoms. The molecule has 0 saturated heterocycles. The molecule has 0 aliphatic carbocycles. The molecule has 3 aromatic rings. The summed E-state index contributed by atoms with van der Waals surface area (Å²) in [4.78, 5) is 12.7. The summed E-state index contributed by atoms with van der Waals surface area (Å²) in [6, 6.07) is 11.3. The van der Waals surface area contributed by atoms with Gasteiger partial charge in [-0.1, -0.05) is 23.7 Å². The van der Waals surface area contributed by atoms with Crippen LogP contribution in [0.3, 0.4) is 0 Å². The van der Waals surface area contributed by atoms with Crippen LogP contribution in [0.1, 0.15) is 21.5 Å². The number of fused-ring (bicyclic) bond motifs is 1. The van der Waals surface area contributed by atoms with Crippen molar-refractivity contribution in [2.24, 2.45) is 0 Å². The van der Waals surface area contributed by atoms with Crippen molar-refractivity contribution >= 4 is 54.7 Å². The van der Waals surface area contributed by atoms with Gasteiger partial charge in [0.05, 0.1) is 0 Å². The molecule has 0 saturated carbocycles. The van der Waals surface area contributed by atoms with Crippen LogP contribution >= 0.6 is 38.9 Å². The molecular weight excluding hydrogens is 356 g/mol. The molecule has 1 heterocycles. The van der Waals surface area contributed by atoms with Gasteiger partial charge in [0.15, 0.2) is 5.78 Å². The average Bonchev–Trinajstić information content (AvgIpc) is 2.82. The lowest BCUT2D eigenvalue weighted by atomic mass is 10.0. The number of benzene rings is 2. The van der Waals surface area contributed by atoms with Crippen LogP contribution in [-0.4, -0.2) is 5.78 Å². The zero-order chi connectivity index (χ0) is 14.3. The highest BCUT2D eigenvalue weighted by Crippen LogP contribution is 2.33.